The van der Waals surface area contributed by atoms with Crippen molar-refractivity contribution in [1.29, 1.82) is 0 Å². The van der Waals surface area contributed by atoms with Crippen LogP contribution < -0.4 is 0 Å². The van der Waals surface area contributed by atoms with Crippen LogP contribution in [-0.4, -0.2) is 16.8 Å². The Labute approximate surface area is 111 Å². The van der Waals surface area contributed by atoms with Crippen molar-refractivity contribution in [3.05, 3.63) is 64.7 Å². The number of hydrogen-bond acceptors (Lipinski definition) is 2. The largest absolute Gasteiger partial charge is 0.478 e. The molecule has 0 radical (unpaired) electrons. The predicted octanol–water partition coefficient (Wildman–Crippen LogP) is 3.37. The maximum atomic E-state index is 11.2. The van der Waals surface area contributed by atoms with Gasteiger partial charge in [0, 0.05) is 6.42 Å². The minimum Gasteiger partial charge on any atom is -0.478 e. The number of aryl methyl sites for hydroxylation is 1. The van der Waals surface area contributed by atoms with Gasteiger partial charge in [-0.05, 0) is 30.2 Å². The zero-order chi connectivity index (χ0) is 13.4. The molecule has 1 aliphatic heterocycles. The zero-order valence-electron chi connectivity index (χ0n) is 10.6. The summed E-state index contributed by atoms with van der Waals surface area (Å²) in [5, 5.41) is 9.19. The molecule has 0 aromatic heterocycles. The maximum Gasteiger partial charge on any atom is 0.336 e. The van der Waals surface area contributed by atoms with E-state index in [9.17, 15) is 9.90 Å². The highest BCUT2D eigenvalue weighted by Crippen LogP contribution is 2.31. The van der Waals surface area contributed by atoms with Gasteiger partial charge in [0.2, 0.25) is 0 Å². The molecule has 0 unspecified atom stereocenters. The third kappa shape index (κ3) is 2.03. The van der Waals surface area contributed by atoms with Crippen LogP contribution in [0.25, 0.3) is 0 Å². The summed E-state index contributed by atoms with van der Waals surface area (Å²) in [7, 11) is 0. The number of nitrogens with zero attached hydrogens (tertiary/aromatic N) is 1. The van der Waals surface area contributed by atoms with Crippen molar-refractivity contribution >= 4 is 17.4 Å². The number of carboxylic acids is 1. The standard InChI is InChI=1S/C16H13NO2/c1-10-5-7-11(8-6-10)15-9-13-12(16(18)19)3-2-4-14(13)17-15/h2-8H,9H2,1H3,(H,18,19). The van der Waals surface area contributed by atoms with Gasteiger partial charge in [-0.1, -0.05) is 35.9 Å². The van der Waals surface area contributed by atoms with E-state index in [1.165, 1.54) is 5.56 Å². The lowest BCUT2D eigenvalue weighted by molar-refractivity contribution is 0.0696. The number of hydrogen-bond donors (Lipinski definition) is 1. The maximum absolute atomic E-state index is 11.2. The third-order valence-corrected chi connectivity index (χ3v) is 3.37. The molecule has 0 saturated carbocycles. The summed E-state index contributed by atoms with van der Waals surface area (Å²) in [6, 6.07) is 13.4. The van der Waals surface area contributed by atoms with E-state index in [-0.39, 0.29) is 0 Å². The smallest absolute Gasteiger partial charge is 0.336 e. The summed E-state index contributed by atoms with van der Waals surface area (Å²) in [4.78, 5) is 15.7. The molecular weight excluding hydrogens is 238 g/mol. The lowest BCUT2D eigenvalue weighted by Gasteiger charge is -2.03. The number of carboxylic acid groups (broad SMARTS) is 1. The van der Waals surface area contributed by atoms with Crippen molar-refractivity contribution in [3.8, 4) is 0 Å². The lowest BCUT2D eigenvalue weighted by atomic mass is 9.99. The van der Waals surface area contributed by atoms with Crippen molar-refractivity contribution in [1.82, 2.24) is 0 Å². The molecular formula is C16H13NO2. The second-order valence-electron chi connectivity index (χ2n) is 4.71. The SMILES string of the molecule is Cc1ccc(C2=Nc3cccc(C(=O)O)c3C2)cc1. The van der Waals surface area contributed by atoms with Crippen LogP contribution in [-0.2, 0) is 6.42 Å². The van der Waals surface area contributed by atoms with Crippen molar-refractivity contribution in [2.24, 2.45) is 4.99 Å². The van der Waals surface area contributed by atoms with Crippen LogP contribution in [0.3, 0.4) is 0 Å². The Morgan fingerprint density at radius 3 is 2.58 bits per heavy atom. The molecule has 3 heteroatoms. The molecule has 94 valence electrons. The van der Waals surface area contributed by atoms with E-state index in [4.69, 9.17) is 0 Å². The van der Waals surface area contributed by atoms with Crippen LogP contribution >= 0.6 is 0 Å². The van der Waals surface area contributed by atoms with E-state index in [0.29, 0.717) is 12.0 Å². The second kappa shape index (κ2) is 4.35. The molecule has 3 nitrogen and oxygen atoms in total. The van der Waals surface area contributed by atoms with Gasteiger partial charge < -0.3 is 5.11 Å². The number of aliphatic imine (C=N–C) groups is 1. The quantitative estimate of drug-likeness (QED) is 0.889. The van der Waals surface area contributed by atoms with Crippen molar-refractivity contribution < 1.29 is 9.90 Å². The molecule has 1 aliphatic rings. The predicted molar refractivity (Wildman–Crippen MR) is 74.5 cm³/mol. The van der Waals surface area contributed by atoms with E-state index < -0.39 is 5.97 Å². The Balaban J connectivity index is 2.01. The number of carbonyl (C=O) groups is 1. The summed E-state index contributed by atoms with van der Waals surface area (Å²) < 4.78 is 0. The number of benzene rings is 2. The number of aromatic carboxylic acids is 1. The molecule has 0 aliphatic carbocycles. The number of fused-ring (bicyclic) bond motifs is 1. The Bertz CT molecular complexity index is 684. The molecule has 0 spiro atoms. The topological polar surface area (TPSA) is 49.7 Å². The Morgan fingerprint density at radius 2 is 1.89 bits per heavy atom. The molecule has 0 atom stereocenters. The summed E-state index contributed by atoms with van der Waals surface area (Å²) in [5.74, 6) is -0.891. The first-order valence-electron chi connectivity index (χ1n) is 6.15. The van der Waals surface area contributed by atoms with Crippen molar-refractivity contribution in [2.45, 2.75) is 13.3 Å². The van der Waals surface area contributed by atoms with E-state index in [1.807, 2.05) is 37.3 Å². The molecule has 0 saturated heterocycles. The molecule has 0 amide bonds. The van der Waals surface area contributed by atoms with Crippen molar-refractivity contribution in [2.75, 3.05) is 0 Å². The second-order valence-corrected chi connectivity index (χ2v) is 4.71. The fourth-order valence-electron chi connectivity index (χ4n) is 2.33. The van der Waals surface area contributed by atoms with Gasteiger partial charge in [0.15, 0.2) is 0 Å². The molecule has 0 bridgehead atoms. The minimum atomic E-state index is -0.891. The Hall–Kier alpha value is -2.42. The van der Waals surface area contributed by atoms with Gasteiger partial charge in [-0.25, -0.2) is 4.79 Å². The molecule has 2 aromatic carbocycles. The molecule has 1 N–H and O–H groups in total. The highest BCUT2D eigenvalue weighted by Gasteiger charge is 2.21. The van der Waals surface area contributed by atoms with Crippen LogP contribution in [0.2, 0.25) is 0 Å². The molecule has 2 aromatic rings. The first kappa shape index (κ1) is 11.7. The van der Waals surface area contributed by atoms with Crippen LogP contribution in [0, 0.1) is 6.92 Å². The van der Waals surface area contributed by atoms with Crippen LogP contribution in [0.5, 0.6) is 0 Å². The van der Waals surface area contributed by atoms with Gasteiger partial charge in [0.25, 0.3) is 0 Å². The molecule has 1 heterocycles. The average molecular weight is 251 g/mol. The van der Waals surface area contributed by atoms with Gasteiger partial charge in [0.05, 0.1) is 17.0 Å². The first-order chi connectivity index (χ1) is 9.15. The molecule has 3 rings (SSSR count). The fraction of sp³-hybridized carbons (Fsp3) is 0.125. The third-order valence-electron chi connectivity index (χ3n) is 3.37. The number of rotatable bonds is 2. The van der Waals surface area contributed by atoms with Gasteiger partial charge in [-0.3, -0.25) is 4.99 Å². The van der Waals surface area contributed by atoms with Gasteiger partial charge in [-0.2, -0.15) is 0 Å². The average Bonchev–Trinajstić information content (AvgIpc) is 2.82. The van der Waals surface area contributed by atoms with Gasteiger partial charge in [0.1, 0.15) is 0 Å². The summed E-state index contributed by atoms with van der Waals surface area (Å²) in [6.45, 7) is 2.04. The molecule has 0 fully saturated rings. The highest BCUT2D eigenvalue weighted by atomic mass is 16.4. The zero-order valence-corrected chi connectivity index (χ0v) is 10.6. The van der Waals surface area contributed by atoms with E-state index in [2.05, 4.69) is 4.99 Å². The summed E-state index contributed by atoms with van der Waals surface area (Å²) in [5.41, 5.74) is 5.12. The van der Waals surface area contributed by atoms with Gasteiger partial charge >= 0.3 is 5.97 Å². The van der Waals surface area contributed by atoms with E-state index >= 15 is 0 Å². The fourth-order valence-corrected chi connectivity index (χ4v) is 2.33. The highest BCUT2D eigenvalue weighted by molar-refractivity contribution is 6.08. The first-order valence-corrected chi connectivity index (χ1v) is 6.15. The van der Waals surface area contributed by atoms with Crippen LogP contribution in [0.4, 0.5) is 5.69 Å². The van der Waals surface area contributed by atoms with E-state index in [0.717, 1.165) is 22.5 Å². The Kier molecular flexibility index (Phi) is 2.67. The minimum absolute atomic E-state index is 0.350. The Morgan fingerprint density at radius 1 is 1.16 bits per heavy atom. The van der Waals surface area contributed by atoms with Crippen LogP contribution in [0.1, 0.15) is 27.0 Å². The van der Waals surface area contributed by atoms with Crippen molar-refractivity contribution in [3.63, 3.8) is 0 Å². The molecule has 19 heavy (non-hydrogen) atoms. The lowest BCUT2D eigenvalue weighted by Crippen LogP contribution is -2.05. The van der Waals surface area contributed by atoms with Crippen LogP contribution in [0.15, 0.2) is 47.5 Å². The van der Waals surface area contributed by atoms with E-state index in [1.54, 1.807) is 12.1 Å². The summed E-state index contributed by atoms with van der Waals surface area (Å²) >= 11 is 0. The van der Waals surface area contributed by atoms with Gasteiger partial charge in [-0.15, -0.1) is 0 Å². The monoisotopic (exact) mass is 251 g/mol. The normalized spacial score (nSPS) is 13.0. The summed E-state index contributed by atoms with van der Waals surface area (Å²) in [6.07, 6.45) is 0.584.